The monoisotopic (exact) mass is 309 g/mol. The van der Waals surface area contributed by atoms with Crippen LogP contribution >= 0.6 is 0 Å². The summed E-state index contributed by atoms with van der Waals surface area (Å²) in [5.74, 6) is 0. The summed E-state index contributed by atoms with van der Waals surface area (Å²) in [7, 11) is -8.64. The van der Waals surface area contributed by atoms with Crippen molar-refractivity contribution < 1.29 is 52.3 Å². The van der Waals surface area contributed by atoms with Crippen LogP contribution in [0.5, 0.6) is 0 Å². The number of carbonyl (C=O) groups is 8. The van der Waals surface area contributed by atoms with Crippen molar-refractivity contribution >= 4 is 41.8 Å². The third kappa shape index (κ3) is 0.785. The van der Waals surface area contributed by atoms with Gasteiger partial charge in [-0.3, -0.25) is 0 Å². The van der Waals surface area contributed by atoms with Gasteiger partial charge in [-0.05, 0) is 0 Å². The third-order valence-corrected chi connectivity index (χ3v) is 10.5. The van der Waals surface area contributed by atoms with Crippen molar-refractivity contribution in [3.8, 4) is 0 Å². The Morgan fingerprint density at radius 1 is 0.389 bits per heavy atom. The van der Waals surface area contributed by atoms with E-state index >= 15 is 0 Å². The molecule has 0 aliphatic carbocycles. The Kier molecular flexibility index (Phi) is 2.50. The van der Waals surface area contributed by atoms with Gasteiger partial charge in [0.15, 0.2) is 0 Å². The first-order valence-corrected chi connectivity index (χ1v) is 8.23. The van der Waals surface area contributed by atoms with Crippen LogP contribution < -0.4 is 0 Å². The Bertz CT molecular complexity index is 393. The van der Waals surface area contributed by atoms with E-state index < -0.39 is 50.2 Å². The van der Waals surface area contributed by atoms with Gasteiger partial charge in [-0.1, -0.05) is 0 Å². The molecule has 0 aliphatic rings. The molecule has 18 heavy (non-hydrogen) atoms. The van der Waals surface area contributed by atoms with Crippen molar-refractivity contribution in [2.75, 3.05) is 0 Å². The fraction of sp³-hybridized carbons (Fsp3) is 0. The summed E-state index contributed by atoms with van der Waals surface area (Å²) >= 11 is 0. The van der Waals surface area contributed by atoms with Gasteiger partial charge < -0.3 is 5.48 Å². The second-order valence-corrected chi connectivity index (χ2v) is 15.4. The van der Waals surface area contributed by atoms with Crippen molar-refractivity contribution in [2.24, 2.45) is 0 Å². The zero-order chi connectivity index (χ0) is 14.0. The predicted molar refractivity (Wildman–Crippen MR) is 57.6 cm³/mol. The summed E-state index contributed by atoms with van der Waals surface area (Å²) < 4.78 is 0. The van der Waals surface area contributed by atoms with Crippen LogP contribution in [0.1, 0.15) is 0 Å². The molecular weight excluding hydrogens is 299 g/mol. The van der Waals surface area contributed by atoms with Crippen LogP contribution in [0.4, 0.5) is 0 Å². The van der Waals surface area contributed by atoms with Crippen LogP contribution in [-0.2, 0) is 46.8 Å². The van der Waals surface area contributed by atoms with E-state index in [0.29, 0.717) is 0 Å². The molecule has 0 bridgehead atoms. The molecule has 0 unspecified atom stereocenters. The molecule has 0 aliphatic heterocycles. The molecule has 0 amide bonds. The van der Waals surface area contributed by atoms with Gasteiger partial charge in [0, 0.05) is 0 Å². The van der Waals surface area contributed by atoms with E-state index in [4.69, 9.17) is 0 Å². The van der Waals surface area contributed by atoms with Crippen molar-refractivity contribution in [1.82, 2.24) is 0 Å². The topological polar surface area (TPSA) is 168 Å². The molecule has 0 radical (unpaired) electrons. The molecule has 0 heterocycles. The number of rotatable bonds is 8. The van der Waals surface area contributed by atoms with Gasteiger partial charge in [-0.2, -0.15) is 0 Å². The summed E-state index contributed by atoms with van der Waals surface area (Å²) in [6.07, 6.45) is 0. The van der Waals surface area contributed by atoms with Crippen LogP contribution in [0, 0.1) is 0 Å². The zero-order valence-corrected chi connectivity index (χ0v) is 9.76. The first-order valence-electron chi connectivity index (χ1n) is 3.43. The van der Waals surface area contributed by atoms with Gasteiger partial charge >= 0.3 is 88.6 Å². The predicted octanol–water partition coefficient (Wildman–Crippen LogP) is -3.02. The van der Waals surface area contributed by atoms with Gasteiger partial charge in [-0.25, -0.2) is 0 Å². The van der Waals surface area contributed by atoms with Gasteiger partial charge in [-0.15, -0.1) is 0 Å². The SMILES string of the molecule is O.O=[CH][Co]([CH]=O)([CH]=O)([CH]=O)([CH]=O)([CH]=O)([CH]=O)[CH]=O. The summed E-state index contributed by atoms with van der Waals surface area (Å²) in [6.45, 7) is 0. The van der Waals surface area contributed by atoms with E-state index in [-0.39, 0.29) is 5.48 Å². The van der Waals surface area contributed by atoms with Gasteiger partial charge in [0.2, 0.25) is 0 Å². The van der Waals surface area contributed by atoms with Crippen LogP contribution in [0.3, 0.4) is 0 Å². The van der Waals surface area contributed by atoms with E-state index in [0.717, 1.165) is 0 Å². The molecular formula is C8H10CoO9. The second-order valence-electron chi connectivity index (χ2n) is 3.74. The molecule has 0 spiro atoms. The molecule has 0 saturated carbocycles. The molecule has 0 atom stereocenters. The zero-order valence-electron chi connectivity index (χ0n) is 8.72. The van der Waals surface area contributed by atoms with Crippen LogP contribution in [0.25, 0.3) is 0 Å². The fourth-order valence-corrected chi connectivity index (χ4v) is 2.14. The van der Waals surface area contributed by atoms with Gasteiger partial charge in [0.05, 0.1) is 0 Å². The molecule has 2 N–H and O–H groups in total. The molecule has 0 saturated heterocycles. The Hall–Kier alpha value is -2.17. The second kappa shape index (κ2) is 2.48. The Morgan fingerprint density at radius 3 is 0.500 bits per heavy atom. The first kappa shape index (κ1) is 18.2. The number of hydrogen-bond acceptors (Lipinski definition) is 8. The van der Waals surface area contributed by atoms with E-state index in [9.17, 15) is 38.4 Å². The van der Waals surface area contributed by atoms with Crippen molar-refractivity contribution in [3.63, 3.8) is 0 Å². The van der Waals surface area contributed by atoms with E-state index in [2.05, 4.69) is 0 Å². The summed E-state index contributed by atoms with van der Waals surface area (Å²) in [6, 6.07) is 0. The van der Waals surface area contributed by atoms with E-state index in [1.54, 1.807) is 0 Å². The average Bonchev–Trinajstić information content (AvgIpc) is 2.48. The first-order chi connectivity index (χ1) is 7.66. The Morgan fingerprint density at radius 2 is 0.500 bits per heavy atom. The summed E-state index contributed by atoms with van der Waals surface area (Å²) in [5, 5.41) is -8.31. The Balaban J connectivity index is 0. The minimum absolute atomic E-state index is 0. The molecule has 9 nitrogen and oxygen atoms in total. The van der Waals surface area contributed by atoms with Crippen LogP contribution in [-0.4, -0.2) is 47.2 Å². The maximum atomic E-state index is 11.2. The maximum absolute atomic E-state index is 11.2. The van der Waals surface area contributed by atoms with Crippen molar-refractivity contribution in [3.05, 3.63) is 0 Å². The molecule has 105 valence electrons. The third-order valence-electron chi connectivity index (χ3n) is 2.54. The van der Waals surface area contributed by atoms with Crippen LogP contribution in [0.15, 0.2) is 0 Å². The quantitative estimate of drug-likeness (QED) is 0.426. The van der Waals surface area contributed by atoms with Crippen molar-refractivity contribution in [1.29, 1.82) is 0 Å². The van der Waals surface area contributed by atoms with Gasteiger partial charge in [0.1, 0.15) is 0 Å². The number of carbonyl (C=O) groups excluding carboxylic acids is 8. The van der Waals surface area contributed by atoms with Crippen molar-refractivity contribution in [2.45, 2.75) is 0 Å². The average molecular weight is 309 g/mol. The van der Waals surface area contributed by atoms with E-state index in [1.807, 2.05) is 0 Å². The molecule has 0 aromatic heterocycles. The minimum atomic E-state index is -8.64. The normalized spacial score (nSPS) is 18.7. The number of hydrogen-bond donors (Lipinski definition) is 0. The molecule has 0 rings (SSSR count). The fourth-order valence-electron chi connectivity index (χ4n) is 0.519. The summed E-state index contributed by atoms with van der Waals surface area (Å²) in [4.78, 5) is 89.4. The molecule has 10 heteroatoms. The summed E-state index contributed by atoms with van der Waals surface area (Å²) in [5.41, 5.74) is 0. The Labute approximate surface area is 94.6 Å². The molecule has 0 aromatic rings. The van der Waals surface area contributed by atoms with E-state index in [1.165, 1.54) is 0 Å². The molecule has 0 fully saturated rings. The molecule has 0 aromatic carbocycles. The standard InChI is InChI=1S/8CHO.Co.H2O/c8*1-2;;/h8*1H;;1H2. The van der Waals surface area contributed by atoms with Crippen LogP contribution in [0.2, 0.25) is 0 Å². The van der Waals surface area contributed by atoms with Gasteiger partial charge in [0.25, 0.3) is 0 Å².